The monoisotopic (exact) mass is 769 g/mol. The summed E-state index contributed by atoms with van der Waals surface area (Å²) in [5.74, 6) is -3.60. The maximum Gasteiger partial charge on any atom is 0.313 e. The molecule has 4 aromatic rings. The number of fused-ring (bicyclic) bond motifs is 2. The summed E-state index contributed by atoms with van der Waals surface area (Å²) >= 11 is 0. The molecule has 10 nitrogen and oxygen atoms in total. The highest BCUT2D eigenvalue weighted by molar-refractivity contribution is 6.05. The van der Waals surface area contributed by atoms with Gasteiger partial charge >= 0.3 is 5.97 Å². The molecule has 0 aliphatic carbocycles. The third-order valence-corrected chi connectivity index (χ3v) is 12.2. The summed E-state index contributed by atoms with van der Waals surface area (Å²) in [6.45, 7) is 9.27. The number of carbonyl (C=O) groups is 4. The smallest absolute Gasteiger partial charge is 0.313 e. The zero-order chi connectivity index (χ0) is 40.3. The Morgan fingerprint density at radius 1 is 0.965 bits per heavy atom. The minimum atomic E-state index is -1.35. The van der Waals surface area contributed by atoms with E-state index in [4.69, 9.17) is 9.47 Å². The van der Waals surface area contributed by atoms with Gasteiger partial charge in [-0.05, 0) is 66.6 Å². The Hall–Kier alpha value is -5.58. The lowest BCUT2D eigenvalue weighted by Crippen LogP contribution is -2.59. The number of aliphatic hydroxyl groups excluding tert-OH is 1. The number of ether oxygens (including phenoxy) is 2. The SMILES string of the molecule is C=CCCC(=O)N(C)[C@H](C)[C@H](OC(=O)[C@@H]1[C@@H]2CC[C@]3(O2)[C@H](C(=O)N(CC=C)c2ccc4ccccc4c2)N([C@@H](CO)Cc2ccccc2)C(=O)[C@@H]13)c1ccccc1. The van der Waals surface area contributed by atoms with Crippen molar-refractivity contribution in [3.63, 3.8) is 0 Å². The van der Waals surface area contributed by atoms with Crippen LogP contribution < -0.4 is 4.90 Å². The highest BCUT2D eigenvalue weighted by Crippen LogP contribution is 2.59. The van der Waals surface area contributed by atoms with Gasteiger partial charge in [0, 0.05) is 25.7 Å². The lowest BCUT2D eigenvalue weighted by atomic mass is 9.70. The van der Waals surface area contributed by atoms with E-state index in [-0.39, 0.29) is 31.2 Å². The molecule has 0 radical (unpaired) electrons. The van der Waals surface area contributed by atoms with Crippen LogP contribution >= 0.6 is 0 Å². The highest BCUT2D eigenvalue weighted by atomic mass is 16.6. The topological polar surface area (TPSA) is 117 Å². The van der Waals surface area contributed by atoms with Crippen LogP contribution in [-0.4, -0.2) is 88.6 Å². The zero-order valence-electron chi connectivity index (χ0n) is 32.6. The second-order valence-corrected chi connectivity index (χ2v) is 15.4. The molecule has 3 fully saturated rings. The van der Waals surface area contributed by atoms with E-state index in [1.807, 2.05) is 110 Å². The first-order valence-electron chi connectivity index (χ1n) is 19.8. The van der Waals surface area contributed by atoms with Crippen LogP contribution in [0.4, 0.5) is 5.69 Å². The molecule has 3 aliphatic rings. The van der Waals surface area contributed by atoms with Crippen LogP contribution in [0, 0.1) is 11.8 Å². The number of allylic oxidation sites excluding steroid dienone is 1. The summed E-state index contributed by atoms with van der Waals surface area (Å²) in [5.41, 5.74) is 0.861. The van der Waals surface area contributed by atoms with Crippen molar-refractivity contribution in [1.82, 2.24) is 9.80 Å². The molecule has 3 heterocycles. The van der Waals surface area contributed by atoms with E-state index in [2.05, 4.69) is 13.2 Å². The first-order chi connectivity index (χ1) is 27.6. The number of hydrogen-bond donors (Lipinski definition) is 1. The molecule has 3 amide bonds. The van der Waals surface area contributed by atoms with Crippen LogP contribution in [0.1, 0.15) is 49.8 Å². The first-order valence-corrected chi connectivity index (χ1v) is 19.8. The van der Waals surface area contributed by atoms with Crippen molar-refractivity contribution >= 4 is 40.2 Å². The van der Waals surface area contributed by atoms with Gasteiger partial charge in [-0.1, -0.05) is 103 Å². The van der Waals surface area contributed by atoms with Crippen molar-refractivity contribution in [2.75, 3.05) is 25.1 Å². The van der Waals surface area contributed by atoms with Crippen molar-refractivity contribution in [3.05, 3.63) is 140 Å². The zero-order valence-corrected chi connectivity index (χ0v) is 32.6. The number of likely N-dealkylation sites (tertiary alicyclic amines) is 1. The summed E-state index contributed by atoms with van der Waals surface area (Å²) in [7, 11) is 1.69. The molecule has 296 valence electrons. The molecule has 4 aromatic carbocycles. The quantitative estimate of drug-likeness (QED) is 0.103. The molecular formula is C47H51N3O7. The maximum atomic E-state index is 15.3. The first kappa shape index (κ1) is 39.6. The van der Waals surface area contributed by atoms with E-state index in [0.717, 1.165) is 16.3 Å². The minimum absolute atomic E-state index is 0.117. The number of esters is 1. The maximum absolute atomic E-state index is 15.3. The lowest BCUT2D eigenvalue weighted by molar-refractivity contribution is -0.165. The third-order valence-electron chi connectivity index (χ3n) is 12.2. The second kappa shape index (κ2) is 16.9. The number of rotatable bonds is 16. The van der Waals surface area contributed by atoms with Gasteiger partial charge in [0.05, 0.1) is 36.6 Å². The Bertz CT molecular complexity index is 2130. The van der Waals surface area contributed by atoms with Crippen molar-refractivity contribution in [2.24, 2.45) is 11.8 Å². The van der Waals surface area contributed by atoms with Gasteiger partial charge in [-0.15, -0.1) is 13.2 Å². The predicted octanol–water partition coefficient (Wildman–Crippen LogP) is 6.43. The van der Waals surface area contributed by atoms with Crippen LogP contribution in [-0.2, 0) is 35.1 Å². The van der Waals surface area contributed by atoms with E-state index in [1.54, 1.807) is 29.0 Å². The van der Waals surface area contributed by atoms with E-state index in [9.17, 15) is 14.7 Å². The van der Waals surface area contributed by atoms with Crippen LogP contribution in [0.5, 0.6) is 0 Å². The predicted molar refractivity (Wildman–Crippen MR) is 219 cm³/mol. The van der Waals surface area contributed by atoms with E-state index in [0.29, 0.717) is 30.5 Å². The standard InChI is InChI=1S/C47H51N3O7/c1-5-7-22-39(52)48(4)31(3)42(34-19-12-9-13-20-34)56-46(55)40-38-25-26-47(57-38)41(40)44(53)50(37(30-51)28-32-16-10-8-11-17-32)43(47)45(54)49(27-6-2)36-24-23-33-18-14-15-21-35(33)29-36/h5-6,8-21,23-24,29,31,37-38,40-43,51H,1-2,7,22,25-28,30H2,3-4H3/t31-,37-,38+,40-,41-,42+,43+,47-/m1/s1. The molecule has 0 aromatic heterocycles. The average molecular weight is 770 g/mol. The number of hydrogen-bond acceptors (Lipinski definition) is 7. The van der Waals surface area contributed by atoms with Gasteiger partial charge in [0.25, 0.3) is 5.91 Å². The summed E-state index contributed by atoms with van der Waals surface area (Å²) in [6, 6.07) is 29.9. The molecule has 1 spiro atoms. The molecule has 8 atom stereocenters. The van der Waals surface area contributed by atoms with E-state index in [1.165, 1.54) is 4.90 Å². The molecule has 3 aliphatic heterocycles. The molecular weight excluding hydrogens is 719 g/mol. The lowest BCUT2D eigenvalue weighted by Gasteiger charge is -2.39. The van der Waals surface area contributed by atoms with Crippen LogP contribution in [0.2, 0.25) is 0 Å². The van der Waals surface area contributed by atoms with Gasteiger partial charge in [0.15, 0.2) is 0 Å². The summed E-state index contributed by atoms with van der Waals surface area (Å²) in [6.07, 6.45) is 3.68. The number of likely N-dealkylation sites (N-methyl/N-ethyl adjacent to an activating group) is 1. The van der Waals surface area contributed by atoms with Gasteiger partial charge in [-0.2, -0.15) is 0 Å². The average Bonchev–Trinajstić information content (AvgIpc) is 3.90. The van der Waals surface area contributed by atoms with Gasteiger partial charge < -0.3 is 29.3 Å². The molecule has 2 bridgehead atoms. The number of aliphatic hydroxyl groups is 1. The van der Waals surface area contributed by atoms with Crippen LogP contribution in [0.15, 0.2) is 128 Å². The minimum Gasteiger partial charge on any atom is -0.455 e. The highest BCUT2D eigenvalue weighted by Gasteiger charge is 2.76. The van der Waals surface area contributed by atoms with Crippen molar-refractivity contribution < 1.29 is 33.8 Å². The Morgan fingerprint density at radius 2 is 1.65 bits per heavy atom. The fourth-order valence-electron chi connectivity index (χ4n) is 9.24. The van der Waals surface area contributed by atoms with Crippen LogP contribution in [0.25, 0.3) is 10.8 Å². The van der Waals surface area contributed by atoms with Gasteiger partial charge in [-0.3, -0.25) is 19.2 Å². The van der Waals surface area contributed by atoms with Gasteiger partial charge in [0.1, 0.15) is 17.7 Å². The Morgan fingerprint density at radius 3 is 2.33 bits per heavy atom. The van der Waals surface area contributed by atoms with E-state index >= 15 is 9.59 Å². The van der Waals surface area contributed by atoms with Gasteiger partial charge in [-0.25, -0.2) is 0 Å². The fourth-order valence-corrected chi connectivity index (χ4v) is 9.24. The number of benzene rings is 4. The summed E-state index contributed by atoms with van der Waals surface area (Å²) in [5, 5.41) is 13.0. The van der Waals surface area contributed by atoms with Crippen molar-refractivity contribution in [3.8, 4) is 0 Å². The molecule has 57 heavy (non-hydrogen) atoms. The Balaban J connectivity index is 1.27. The molecule has 10 heteroatoms. The summed E-state index contributed by atoms with van der Waals surface area (Å²) in [4.78, 5) is 63.1. The molecule has 0 unspecified atom stereocenters. The number of carbonyl (C=O) groups excluding carboxylic acids is 4. The molecule has 3 saturated heterocycles. The molecule has 0 saturated carbocycles. The summed E-state index contributed by atoms with van der Waals surface area (Å²) < 4.78 is 13.2. The number of nitrogens with zero attached hydrogens (tertiary/aromatic N) is 3. The largest absolute Gasteiger partial charge is 0.455 e. The second-order valence-electron chi connectivity index (χ2n) is 15.4. The Kier molecular flexibility index (Phi) is 11.7. The molecule has 1 N–H and O–H groups in total. The Labute approximate surface area is 334 Å². The fraction of sp³-hybridized carbons (Fsp3) is 0.362. The van der Waals surface area contributed by atoms with E-state index < -0.39 is 66.3 Å². The third kappa shape index (κ3) is 7.40. The normalized spacial score (nSPS) is 23.7. The van der Waals surface area contributed by atoms with Crippen LogP contribution in [0.3, 0.4) is 0 Å². The number of anilines is 1. The van der Waals surface area contributed by atoms with Gasteiger partial charge in [0.2, 0.25) is 11.8 Å². The van der Waals surface area contributed by atoms with Crippen molar-refractivity contribution in [2.45, 2.75) is 75.0 Å². The van der Waals surface area contributed by atoms with Crippen molar-refractivity contribution in [1.29, 1.82) is 0 Å². The molecule has 7 rings (SSSR count). The number of amides is 3.